The van der Waals surface area contributed by atoms with E-state index < -0.39 is 0 Å². The molecule has 5 nitrogen and oxygen atoms in total. The SMILES string of the molecule is O=C(NC[C@@H](c1cccs1)c1c[nH]c2ccccc12)c1ccc[nH]c1=O. The molecule has 3 N–H and O–H groups in total. The molecule has 3 aromatic heterocycles. The molecule has 1 amide bonds. The first-order valence-corrected chi connectivity index (χ1v) is 9.17. The molecule has 0 bridgehead atoms. The van der Waals surface area contributed by atoms with Crippen LogP contribution in [0.3, 0.4) is 0 Å². The minimum absolute atomic E-state index is 0.0119. The molecule has 0 aliphatic heterocycles. The van der Waals surface area contributed by atoms with E-state index in [0.29, 0.717) is 6.54 Å². The molecule has 0 aliphatic rings. The van der Waals surface area contributed by atoms with Crippen LogP contribution in [0.1, 0.15) is 26.7 Å². The second kappa shape index (κ2) is 7.01. The van der Waals surface area contributed by atoms with E-state index in [1.165, 1.54) is 12.3 Å². The molecule has 1 atom stereocenters. The van der Waals surface area contributed by atoms with Crippen molar-refractivity contribution in [1.82, 2.24) is 15.3 Å². The average molecular weight is 363 g/mol. The lowest BCUT2D eigenvalue weighted by atomic mass is 9.96. The smallest absolute Gasteiger partial charge is 0.260 e. The third-order valence-electron chi connectivity index (χ3n) is 4.41. The highest BCUT2D eigenvalue weighted by molar-refractivity contribution is 7.10. The lowest BCUT2D eigenvalue weighted by Gasteiger charge is -2.16. The summed E-state index contributed by atoms with van der Waals surface area (Å²) in [5, 5.41) is 6.08. The predicted octanol–water partition coefficient (Wildman–Crippen LogP) is 3.48. The van der Waals surface area contributed by atoms with E-state index in [2.05, 4.69) is 27.4 Å². The number of rotatable bonds is 5. The molecule has 0 radical (unpaired) electrons. The van der Waals surface area contributed by atoms with E-state index in [1.54, 1.807) is 17.4 Å². The molecule has 26 heavy (non-hydrogen) atoms. The first-order chi connectivity index (χ1) is 12.7. The maximum atomic E-state index is 12.4. The number of aromatic nitrogens is 2. The van der Waals surface area contributed by atoms with Crippen LogP contribution in [0, 0.1) is 0 Å². The van der Waals surface area contributed by atoms with Gasteiger partial charge in [0.2, 0.25) is 0 Å². The average Bonchev–Trinajstić information content (AvgIpc) is 3.33. The second-order valence-electron chi connectivity index (χ2n) is 5.98. The lowest BCUT2D eigenvalue weighted by Crippen LogP contribution is -2.32. The predicted molar refractivity (Wildman–Crippen MR) is 104 cm³/mol. The van der Waals surface area contributed by atoms with E-state index in [-0.39, 0.29) is 22.9 Å². The minimum atomic E-state index is -0.384. The summed E-state index contributed by atoms with van der Waals surface area (Å²) in [6.45, 7) is 0.412. The summed E-state index contributed by atoms with van der Waals surface area (Å²) in [7, 11) is 0. The molecule has 4 rings (SSSR count). The Labute approximate surface area is 153 Å². The number of thiophene rings is 1. The zero-order chi connectivity index (χ0) is 17.9. The minimum Gasteiger partial charge on any atom is -0.361 e. The maximum absolute atomic E-state index is 12.4. The van der Waals surface area contributed by atoms with Crippen molar-refractivity contribution in [2.45, 2.75) is 5.92 Å². The van der Waals surface area contributed by atoms with Crippen molar-refractivity contribution in [3.8, 4) is 0 Å². The number of carbonyl (C=O) groups excluding carboxylic acids is 1. The van der Waals surface area contributed by atoms with E-state index in [4.69, 9.17) is 0 Å². The summed E-state index contributed by atoms with van der Waals surface area (Å²) in [6.07, 6.45) is 3.51. The van der Waals surface area contributed by atoms with Gasteiger partial charge in [-0.05, 0) is 35.2 Å². The molecule has 1 aromatic carbocycles. The number of carbonyl (C=O) groups is 1. The van der Waals surface area contributed by atoms with E-state index in [1.807, 2.05) is 35.8 Å². The number of pyridine rings is 1. The van der Waals surface area contributed by atoms with Crippen LogP contribution >= 0.6 is 11.3 Å². The van der Waals surface area contributed by atoms with E-state index >= 15 is 0 Å². The molecule has 6 heteroatoms. The van der Waals surface area contributed by atoms with Crippen molar-refractivity contribution >= 4 is 28.1 Å². The van der Waals surface area contributed by atoms with Gasteiger partial charge in [0.15, 0.2) is 0 Å². The summed E-state index contributed by atoms with van der Waals surface area (Å²) in [5.74, 6) is -0.355. The fourth-order valence-corrected chi connectivity index (χ4v) is 3.97. The quantitative estimate of drug-likeness (QED) is 0.508. The van der Waals surface area contributed by atoms with Gasteiger partial charge in [0.25, 0.3) is 11.5 Å². The molecule has 130 valence electrons. The van der Waals surface area contributed by atoms with Gasteiger partial charge in [-0.1, -0.05) is 24.3 Å². The Morgan fingerprint density at radius 2 is 1.96 bits per heavy atom. The van der Waals surface area contributed by atoms with E-state index in [9.17, 15) is 9.59 Å². The molecular weight excluding hydrogens is 346 g/mol. The highest BCUT2D eigenvalue weighted by atomic mass is 32.1. The maximum Gasteiger partial charge on any atom is 0.260 e. The van der Waals surface area contributed by atoms with E-state index in [0.717, 1.165) is 21.3 Å². The highest BCUT2D eigenvalue weighted by Crippen LogP contribution is 2.32. The molecule has 0 spiro atoms. The summed E-state index contributed by atoms with van der Waals surface area (Å²) >= 11 is 1.66. The third kappa shape index (κ3) is 3.07. The molecule has 4 aromatic rings. The number of H-pyrrole nitrogens is 2. The number of hydrogen-bond acceptors (Lipinski definition) is 3. The van der Waals surface area contributed by atoms with Crippen LogP contribution in [0.25, 0.3) is 10.9 Å². The molecule has 0 saturated heterocycles. The van der Waals surface area contributed by atoms with Crippen LogP contribution in [-0.4, -0.2) is 22.4 Å². The van der Waals surface area contributed by atoms with Crippen LogP contribution < -0.4 is 10.9 Å². The largest absolute Gasteiger partial charge is 0.361 e. The van der Waals surface area contributed by atoms with Crippen molar-refractivity contribution < 1.29 is 4.79 Å². The lowest BCUT2D eigenvalue weighted by molar-refractivity contribution is 0.0951. The summed E-state index contributed by atoms with van der Waals surface area (Å²) in [4.78, 5) is 31.2. The fourth-order valence-electron chi connectivity index (χ4n) is 3.13. The Hall–Kier alpha value is -3.12. The Morgan fingerprint density at radius 1 is 1.08 bits per heavy atom. The number of benzene rings is 1. The summed E-state index contributed by atoms with van der Waals surface area (Å²) in [6, 6.07) is 15.4. The molecule has 0 aliphatic carbocycles. The highest BCUT2D eigenvalue weighted by Gasteiger charge is 2.20. The van der Waals surface area contributed by atoms with Gasteiger partial charge in [0.1, 0.15) is 5.56 Å². The number of fused-ring (bicyclic) bond motifs is 1. The molecule has 0 saturated carbocycles. The van der Waals surface area contributed by atoms with Crippen LogP contribution in [0.5, 0.6) is 0 Å². The Kier molecular flexibility index (Phi) is 4.41. The molecule has 0 unspecified atom stereocenters. The van der Waals surface area contributed by atoms with Crippen molar-refractivity contribution in [3.05, 3.63) is 92.7 Å². The van der Waals surface area contributed by atoms with Gasteiger partial charge in [0.05, 0.1) is 0 Å². The number of aromatic amines is 2. The van der Waals surface area contributed by atoms with Crippen molar-refractivity contribution in [3.63, 3.8) is 0 Å². The Balaban J connectivity index is 1.64. The second-order valence-corrected chi connectivity index (χ2v) is 6.96. The van der Waals surface area contributed by atoms with Crippen LogP contribution in [0.4, 0.5) is 0 Å². The van der Waals surface area contributed by atoms with Crippen LogP contribution in [-0.2, 0) is 0 Å². The van der Waals surface area contributed by atoms with Crippen molar-refractivity contribution in [2.24, 2.45) is 0 Å². The zero-order valence-electron chi connectivity index (χ0n) is 13.9. The fraction of sp³-hybridized carbons (Fsp3) is 0.100. The van der Waals surface area contributed by atoms with Crippen LogP contribution in [0.2, 0.25) is 0 Å². The Bertz CT molecular complexity index is 1100. The van der Waals surface area contributed by atoms with Gasteiger partial charge in [-0.3, -0.25) is 9.59 Å². The zero-order valence-corrected chi connectivity index (χ0v) is 14.7. The number of para-hydroxylation sites is 1. The van der Waals surface area contributed by atoms with Crippen LogP contribution in [0.15, 0.2) is 71.1 Å². The Morgan fingerprint density at radius 3 is 2.77 bits per heavy atom. The first kappa shape index (κ1) is 16.4. The van der Waals surface area contributed by atoms with Crippen molar-refractivity contribution in [1.29, 1.82) is 0 Å². The third-order valence-corrected chi connectivity index (χ3v) is 5.40. The summed E-state index contributed by atoms with van der Waals surface area (Å²) < 4.78 is 0. The number of nitrogens with one attached hydrogen (secondary N) is 3. The molecular formula is C20H17N3O2S. The topological polar surface area (TPSA) is 77.8 Å². The van der Waals surface area contributed by atoms with Gasteiger partial charge >= 0.3 is 0 Å². The van der Waals surface area contributed by atoms with Gasteiger partial charge in [-0.2, -0.15) is 0 Å². The normalized spacial score (nSPS) is 12.2. The van der Waals surface area contributed by atoms with Gasteiger partial charge < -0.3 is 15.3 Å². The molecule has 3 heterocycles. The standard InChI is InChI=1S/C20H17N3O2S/c24-19-14(6-3-9-21-19)20(25)23-12-16(18-8-4-10-26-18)15-11-22-17-7-2-1-5-13(15)17/h1-11,16,22H,12H2,(H,21,24)(H,23,25)/t16-/m1/s1. The number of hydrogen-bond donors (Lipinski definition) is 3. The van der Waals surface area contributed by atoms with Crippen molar-refractivity contribution in [2.75, 3.05) is 6.54 Å². The van der Waals surface area contributed by atoms with Gasteiger partial charge in [-0.25, -0.2) is 0 Å². The first-order valence-electron chi connectivity index (χ1n) is 8.29. The van der Waals surface area contributed by atoms with Gasteiger partial charge in [0, 0.05) is 40.6 Å². The molecule has 0 fully saturated rings. The number of amides is 1. The summed E-state index contributed by atoms with van der Waals surface area (Å²) in [5.41, 5.74) is 1.93. The van der Waals surface area contributed by atoms with Gasteiger partial charge in [-0.15, -0.1) is 11.3 Å². The monoisotopic (exact) mass is 363 g/mol.